The highest BCUT2D eigenvalue weighted by atomic mass is 19.1. The second-order valence-electron chi connectivity index (χ2n) is 8.22. The van der Waals surface area contributed by atoms with Crippen molar-refractivity contribution in [2.24, 2.45) is 7.05 Å². The van der Waals surface area contributed by atoms with Gasteiger partial charge < -0.3 is 9.72 Å². The summed E-state index contributed by atoms with van der Waals surface area (Å²) in [6.07, 6.45) is 8.70. The lowest BCUT2D eigenvalue weighted by molar-refractivity contribution is 0.107. The molecule has 0 unspecified atom stereocenters. The molecule has 7 heteroatoms. The van der Waals surface area contributed by atoms with Crippen LogP contribution in [0.1, 0.15) is 25.0 Å². The molecule has 28 heavy (non-hydrogen) atoms. The largest absolute Gasteiger partial charge is 0.314 e. The molecule has 0 spiro atoms. The maximum absolute atomic E-state index is 14.9. The highest BCUT2D eigenvalue weighted by Crippen LogP contribution is 2.48. The fourth-order valence-corrected chi connectivity index (χ4v) is 4.93. The number of halogens is 2. The van der Waals surface area contributed by atoms with Gasteiger partial charge in [0, 0.05) is 48.0 Å². The van der Waals surface area contributed by atoms with Gasteiger partial charge in [0.25, 0.3) is 0 Å². The number of aryl methyl sites for hydroxylation is 1. The third-order valence-corrected chi connectivity index (χ3v) is 6.37. The van der Waals surface area contributed by atoms with E-state index in [1.807, 2.05) is 18.5 Å². The second kappa shape index (κ2) is 5.38. The minimum atomic E-state index is -0.408. The Balaban J connectivity index is 1.48. The maximum atomic E-state index is 14.9. The molecule has 5 nitrogen and oxygen atoms in total. The molecule has 2 aliphatic heterocycles. The molecule has 5 heterocycles. The van der Waals surface area contributed by atoms with Crippen molar-refractivity contribution in [3.05, 3.63) is 54.1 Å². The average molecular weight is 379 g/mol. The van der Waals surface area contributed by atoms with Gasteiger partial charge in [0.1, 0.15) is 5.52 Å². The van der Waals surface area contributed by atoms with Crippen molar-refractivity contribution in [3.63, 3.8) is 0 Å². The van der Waals surface area contributed by atoms with Gasteiger partial charge in [0.2, 0.25) is 0 Å². The topological polar surface area (TPSA) is 47.2 Å². The van der Waals surface area contributed by atoms with E-state index in [1.54, 1.807) is 22.3 Å². The Morgan fingerprint density at radius 2 is 1.89 bits per heavy atom. The summed E-state index contributed by atoms with van der Waals surface area (Å²) in [5, 5.41) is 8.31. The van der Waals surface area contributed by atoms with Crippen LogP contribution in [0.15, 0.2) is 36.8 Å². The van der Waals surface area contributed by atoms with Crippen molar-refractivity contribution < 1.29 is 8.78 Å². The standard InChI is InChI=1S/C21H19F2N5/c1-27-9-14-4-12(5-16(22)19(14)26-27)13-6-17(23)20-25-18(11-28(20)10-13)21-2-3-24-15(7-21)8-21/h4-6,9-11,15,24H,2-3,7-8H2,1H3. The minimum absolute atomic E-state index is 0.0786. The zero-order valence-electron chi connectivity index (χ0n) is 15.4. The van der Waals surface area contributed by atoms with E-state index >= 15 is 0 Å². The fraction of sp³-hybridized carbons (Fsp3) is 0.333. The van der Waals surface area contributed by atoms with Gasteiger partial charge in [0.05, 0.1) is 5.69 Å². The lowest BCUT2D eigenvalue weighted by atomic mass is 9.59. The van der Waals surface area contributed by atoms with Crippen LogP contribution in [0.5, 0.6) is 0 Å². The number of pyridine rings is 1. The molecule has 3 fully saturated rings. The first-order valence-corrected chi connectivity index (χ1v) is 9.56. The molecule has 1 saturated carbocycles. The summed E-state index contributed by atoms with van der Waals surface area (Å²) in [6, 6.07) is 5.25. The number of hydrogen-bond donors (Lipinski definition) is 1. The summed E-state index contributed by atoms with van der Waals surface area (Å²) in [5.74, 6) is -0.800. The van der Waals surface area contributed by atoms with Crippen molar-refractivity contribution in [1.29, 1.82) is 0 Å². The van der Waals surface area contributed by atoms with Gasteiger partial charge in [-0.2, -0.15) is 5.10 Å². The highest BCUT2D eigenvalue weighted by Gasteiger charge is 2.49. The molecule has 1 aromatic carbocycles. The van der Waals surface area contributed by atoms with Crippen LogP contribution >= 0.6 is 0 Å². The van der Waals surface area contributed by atoms with Crippen molar-refractivity contribution in [3.8, 4) is 11.1 Å². The van der Waals surface area contributed by atoms with E-state index < -0.39 is 11.6 Å². The van der Waals surface area contributed by atoms with Gasteiger partial charge >= 0.3 is 0 Å². The number of piperidine rings is 2. The van der Waals surface area contributed by atoms with E-state index in [4.69, 9.17) is 0 Å². The predicted molar refractivity (Wildman–Crippen MR) is 102 cm³/mol. The summed E-state index contributed by atoms with van der Waals surface area (Å²) >= 11 is 0. The molecule has 0 radical (unpaired) electrons. The van der Waals surface area contributed by atoms with Crippen LogP contribution in [0, 0.1) is 11.6 Å². The number of aromatic nitrogens is 4. The SMILES string of the molecule is Cn1cc2cc(-c3cc(F)c4nc(C56CCNC(C5)C6)cn4c3)cc(F)c2n1. The predicted octanol–water partition coefficient (Wildman–Crippen LogP) is 3.56. The van der Waals surface area contributed by atoms with Gasteiger partial charge in [-0.3, -0.25) is 4.68 Å². The molecule has 0 amide bonds. The Morgan fingerprint density at radius 3 is 2.68 bits per heavy atom. The van der Waals surface area contributed by atoms with E-state index in [2.05, 4.69) is 15.4 Å². The Kier molecular flexibility index (Phi) is 3.11. The third-order valence-electron chi connectivity index (χ3n) is 6.37. The van der Waals surface area contributed by atoms with E-state index in [1.165, 1.54) is 12.1 Å². The molecule has 2 bridgehead atoms. The molecule has 142 valence electrons. The highest BCUT2D eigenvalue weighted by molar-refractivity contribution is 5.84. The zero-order valence-corrected chi connectivity index (χ0v) is 15.4. The molecule has 4 aromatic rings. The minimum Gasteiger partial charge on any atom is -0.314 e. The summed E-state index contributed by atoms with van der Waals surface area (Å²) in [4.78, 5) is 4.62. The van der Waals surface area contributed by atoms with Crippen LogP contribution in [0.2, 0.25) is 0 Å². The molecular formula is C21H19F2N5. The monoisotopic (exact) mass is 379 g/mol. The van der Waals surface area contributed by atoms with Crippen LogP contribution in [0.3, 0.4) is 0 Å². The summed E-state index contributed by atoms with van der Waals surface area (Å²) < 4.78 is 32.7. The summed E-state index contributed by atoms with van der Waals surface area (Å²) in [5.41, 5.74) is 2.94. The van der Waals surface area contributed by atoms with E-state index in [9.17, 15) is 8.78 Å². The van der Waals surface area contributed by atoms with Gasteiger partial charge in [-0.25, -0.2) is 13.8 Å². The van der Waals surface area contributed by atoms with Gasteiger partial charge in [0.15, 0.2) is 17.3 Å². The fourth-order valence-electron chi connectivity index (χ4n) is 4.93. The van der Waals surface area contributed by atoms with E-state index in [0.29, 0.717) is 33.7 Å². The molecule has 3 aliphatic rings. The summed E-state index contributed by atoms with van der Waals surface area (Å²) in [7, 11) is 1.75. The molecular weight excluding hydrogens is 360 g/mol. The summed E-state index contributed by atoms with van der Waals surface area (Å²) in [6.45, 7) is 0.983. The lowest BCUT2D eigenvalue weighted by Crippen LogP contribution is -2.58. The normalized spacial score (nSPS) is 24.0. The molecule has 1 aliphatic carbocycles. The number of benzene rings is 1. The molecule has 1 N–H and O–H groups in total. The van der Waals surface area contributed by atoms with Crippen molar-refractivity contribution >= 4 is 16.6 Å². The van der Waals surface area contributed by atoms with Crippen LogP contribution in [0.4, 0.5) is 8.78 Å². The van der Waals surface area contributed by atoms with Crippen molar-refractivity contribution in [2.45, 2.75) is 30.7 Å². The van der Waals surface area contributed by atoms with E-state index in [0.717, 1.165) is 31.5 Å². The number of fused-ring (bicyclic) bond motifs is 4. The molecule has 2 saturated heterocycles. The van der Waals surface area contributed by atoms with Crippen molar-refractivity contribution in [2.75, 3.05) is 6.54 Å². The number of hydrogen-bond acceptors (Lipinski definition) is 3. The van der Waals surface area contributed by atoms with Crippen molar-refractivity contribution in [1.82, 2.24) is 24.5 Å². The first kappa shape index (κ1) is 16.2. The first-order chi connectivity index (χ1) is 13.5. The Labute approximate surface area is 160 Å². The third kappa shape index (κ3) is 2.19. The number of nitrogens with one attached hydrogen (secondary N) is 1. The molecule has 3 aromatic heterocycles. The Bertz CT molecular complexity index is 1240. The molecule has 0 atom stereocenters. The number of nitrogens with zero attached hydrogens (tertiary/aromatic N) is 4. The molecule has 7 rings (SSSR count). The first-order valence-electron chi connectivity index (χ1n) is 9.56. The smallest absolute Gasteiger partial charge is 0.173 e. The Hall–Kier alpha value is -2.80. The van der Waals surface area contributed by atoms with E-state index in [-0.39, 0.29) is 5.41 Å². The Morgan fingerprint density at radius 1 is 1.07 bits per heavy atom. The quantitative estimate of drug-likeness (QED) is 0.579. The average Bonchev–Trinajstić information content (AvgIpc) is 3.25. The number of rotatable bonds is 2. The number of imidazole rings is 1. The van der Waals surface area contributed by atoms with Crippen LogP contribution in [-0.4, -0.2) is 31.8 Å². The van der Waals surface area contributed by atoms with Crippen LogP contribution in [0.25, 0.3) is 27.7 Å². The van der Waals surface area contributed by atoms with Crippen LogP contribution in [-0.2, 0) is 12.5 Å². The zero-order chi connectivity index (χ0) is 19.0. The second-order valence-corrected chi connectivity index (χ2v) is 8.22. The van der Waals surface area contributed by atoms with Gasteiger partial charge in [-0.05, 0) is 49.6 Å². The maximum Gasteiger partial charge on any atom is 0.173 e. The van der Waals surface area contributed by atoms with Gasteiger partial charge in [-0.15, -0.1) is 0 Å². The lowest BCUT2D eigenvalue weighted by Gasteiger charge is -2.52. The van der Waals surface area contributed by atoms with Gasteiger partial charge in [-0.1, -0.05) is 0 Å². The van der Waals surface area contributed by atoms with Crippen LogP contribution < -0.4 is 5.32 Å².